The number of benzene rings is 2. The molecule has 1 aliphatic heterocycles. The number of nitriles is 1. The number of piperidine rings is 1. The summed E-state index contributed by atoms with van der Waals surface area (Å²) in [6.45, 7) is 4.58. The molecule has 1 fully saturated rings. The van der Waals surface area contributed by atoms with E-state index in [1.54, 1.807) is 6.07 Å². The molecule has 1 N–H and O–H groups in total. The van der Waals surface area contributed by atoms with Gasteiger partial charge in [-0.1, -0.05) is 29.8 Å². The van der Waals surface area contributed by atoms with E-state index in [0.717, 1.165) is 28.3 Å². The van der Waals surface area contributed by atoms with Gasteiger partial charge in [0.05, 0.1) is 29.1 Å². The Morgan fingerprint density at radius 3 is 2.61 bits per heavy atom. The van der Waals surface area contributed by atoms with E-state index in [0.29, 0.717) is 56.1 Å². The Morgan fingerprint density at radius 2 is 1.95 bits per heavy atom. The molecule has 8 heteroatoms. The molecule has 0 bridgehead atoms. The molecule has 0 spiro atoms. The molecule has 0 atom stereocenters. The van der Waals surface area contributed by atoms with Gasteiger partial charge in [-0.25, -0.2) is 0 Å². The number of hydrogen-bond acceptors (Lipinski definition) is 6. The lowest BCUT2D eigenvalue weighted by Gasteiger charge is -2.43. The van der Waals surface area contributed by atoms with Gasteiger partial charge in [-0.05, 0) is 75.8 Å². The smallest absolute Gasteiger partial charge is 0.221 e. The van der Waals surface area contributed by atoms with Crippen LogP contribution in [0.1, 0.15) is 37.3 Å². The highest BCUT2D eigenvalue weighted by Crippen LogP contribution is 2.37. The number of halogens is 1. The zero-order chi connectivity index (χ0) is 27.1. The third kappa shape index (κ3) is 6.27. The number of anilines is 1. The Bertz CT molecular complexity index is 1290. The highest BCUT2D eigenvalue weighted by molar-refractivity contribution is 6.30. The molecule has 2 heterocycles. The second-order valence-corrected chi connectivity index (χ2v) is 10.2. The molecule has 198 valence electrons. The van der Waals surface area contributed by atoms with Crippen LogP contribution in [0.4, 0.5) is 5.69 Å². The van der Waals surface area contributed by atoms with Gasteiger partial charge in [-0.15, -0.1) is 0 Å². The third-order valence-corrected chi connectivity index (χ3v) is 7.22. The van der Waals surface area contributed by atoms with Crippen LogP contribution in [0.5, 0.6) is 5.75 Å². The van der Waals surface area contributed by atoms with Gasteiger partial charge < -0.3 is 19.9 Å². The number of amides is 1. The van der Waals surface area contributed by atoms with Gasteiger partial charge in [0.1, 0.15) is 11.8 Å². The number of rotatable bonds is 9. The first-order chi connectivity index (χ1) is 18.3. The molecule has 0 radical (unpaired) electrons. The van der Waals surface area contributed by atoms with Crippen molar-refractivity contribution >= 4 is 23.2 Å². The van der Waals surface area contributed by atoms with E-state index in [1.165, 1.54) is 0 Å². The van der Waals surface area contributed by atoms with Crippen molar-refractivity contribution in [1.82, 2.24) is 15.2 Å². The SMILES string of the molecule is CCOc1ccccc1-c1ccc(C2(NC(=O)CCN(C)C)CCN(c3ccc(Cl)cc3C#N)CC2)cn1. The van der Waals surface area contributed by atoms with Gasteiger partial charge in [0.2, 0.25) is 5.91 Å². The highest BCUT2D eigenvalue weighted by atomic mass is 35.5. The summed E-state index contributed by atoms with van der Waals surface area (Å²) >= 11 is 6.12. The zero-order valence-electron chi connectivity index (χ0n) is 22.2. The van der Waals surface area contributed by atoms with Crippen molar-refractivity contribution < 1.29 is 9.53 Å². The van der Waals surface area contributed by atoms with Crippen molar-refractivity contribution in [3.63, 3.8) is 0 Å². The van der Waals surface area contributed by atoms with Gasteiger partial charge in [0.15, 0.2) is 0 Å². The van der Waals surface area contributed by atoms with Gasteiger partial charge in [-0.2, -0.15) is 5.26 Å². The molecule has 0 saturated carbocycles. The lowest BCUT2D eigenvalue weighted by Crippen LogP contribution is -2.53. The average Bonchev–Trinajstić information content (AvgIpc) is 2.93. The maximum atomic E-state index is 13.0. The van der Waals surface area contributed by atoms with Gasteiger partial charge in [0, 0.05) is 42.8 Å². The standard InChI is InChI=1S/C30H34ClN5O2/c1-4-38-28-8-6-5-7-25(28)26-11-9-23(21-33-26)30(34-29(37)13-16-35(2)3)14-17-36(18-15-30)27-12-10-24(31)19-22(27)20-32/h5-12,19,21H,4,13-18H2,1-3H3,(H,34,37). The number of carbonyl (C=O) groups excluding carboxylic acids is 1. The topological polar surface area (TPSA) is 81.5 Å². The van der Waals surface area contributed by atoms with Crippen LogP contribution in [0, 0.1) is 11.3 Å². The summed E-state index contributed by atoms with van der Waals surface area (Å²) in [6, 6.07) is 19.6. The molecular formula is C30H34ClN5O2. The molecule has 0 aliphatic carbocycles. The Hall–Kier alpha value is -3.60. The monoisotopic (exact) mass is 531 g/mol. The van der Waals surface area contributed by atoms with Crippen molar-refractivity contribution in [2.75, 3.05) is 45.2 Å². The fraction of sp³-hybridized carbons (Fsp3) is 0.367. The fourth-order valence-corrected chi connectivity index (χ4v) is 5.11. The molecule has 1 saturated heterocycles. The Balaban J connectivity index is 1.61. The number of ether oxygens (including phenoxy) is 1. The number of carbonyl (C=O) groups is 1. The van der Waals surface area contributed by atoms with Crippen LogP contribution in [0.25, 0.3) is 11.3 Å². The summed E-state index contributed by atoms with van der Waals surface area (Å²) in [7, 11) is 3.92. The van der Waals surface area contributed by atoms with Crippen LogP contribution in [0.2, 0.25) is 5.02 Å². The lowest BCUT2D eigenvalue weighted by molar-refractivity contribution is -0.123. The van der Waals surface area contributed by atoms with Gasteiger partial charge in [-0.3, -0.25) is 9.78 Å². The minimum Gasteiger partial charge on any atom is -0.493 e. The maximum absolute atomic E-state index is 13.0. The predicted octanol–water partition coefficient (Wildman–Crippen LogP) is 5.24. The van der Waals surface area contributed by atoms with Crippen molar-refractivity contribution in [3.05, 3.63) is 76.9 Å². The number of aromatic nitrogens is 1. The Labute approximate surface area is 230 Å². The van der Waals surface area contributed by atoms with E-state index in [-0.39, 0.29) is 5.91 Å². The van der Waals surface area contributed by atoms with E-state index < -0.39 is 5.54 Å². The molecule has 3 aromatic rings. The van der Waals surface area contributed by atoms with E-state index >= 15 is 0 Å². The summed E-state index contributed by atoms with van der Waals surface area (Å²) < 4.78 is 5.80. The summed E-state index contributed by atoms with van der Waals surface area (Å²) in [5.74, 6) is 0.814. The van der Waals surface area contributed by atoms with E-state index in [9.17, 15) is 10.1 Å². The first-order valence-electron chi connectivity index (χ1n) is 12.9. The fourth-order valence-electron chi connectivity index (χ4n) is 4.94. The van der Waals surface area contributed by atoms with Crippen LogP contribution in [-0.4, -0.2) is 56.1 Å². The average molecular weight is 532 g/mol. The molecule has 7 nitrogen and oxygen atoms in total. The van der Waals surface area contributed by atoms with Crippen LogP contribution in [-0.2, 0) is 10.3 Å². The summed E-state index contributed by atoms with van der Waals surface area (Å²) in [5.41, 5.74) is 3.61. The van der Waals surface area contributed by atoms with Crippen molar-refractivity contribution in [2.45, 2.75) is 31.7 Å². The minimum absolute atomic E-state index is 0.0159. The van der Waals surface area contributed by atoms with E-state index in [1.807, 2.05) is 74.6 Å². The minimum atomic E-state index is -0.551. The second kappa shape index (κ2) is 12.3. The molecule has 1 amide bonds. The largest absolute Gasteiger partial charge is 0.493 e. The summed E-state index contributed by atoms with van der Waals surface area (Å²) in [6.07, 6.45) is 3.67. The lowest BCUT2D eigenvalue weighted by atomic mass is 9.81. The number of nitrogens with one attached hydrogen (secondary N) is 1. The second-order valence-electron chi connectivity index (χ2n) is 9.81. The normalized spacial score (nSPS) is 14.7. The summed E-state index contributed by atoms with van der Waals surface area (Å²) in [5, 5.41) is 13.5. The first kappa shape index (κ1) is 27.4. The summed E-state index contributed by atoms with van der Waals surface area (Å²) in [4.78, 5) is 22.0. The molecule has 0 unspecified atom stereocenters. The van der Waals surface area contributed by atoms with E-state index in [4.69, 9.17) is 21.3 Å². The molecule has 1 aliphatic rings. The van der Waals surface area contributed by atoms with Gasteiger partial charge in [0.25, 0.3) is 0 Å². The predicted molar refractivity (Wildman–Crippen MR) is 151 cm³/mol. The van der Waals surface area contributed by atoms with Gasteiger partial charge >= 0.3 is 0 Å². The van der Waals surface area contributed by atoms with Crippen molar-refractivity contribution in [2.24, 2.45) is 0 Å². The number of nitrogens with zero attached hydrogens (tertiary/aromatic N) is 4. The van der Waals surface area contributed by atoms with Crippen molar-refractivity contribution in [3.8, 4) is 23.1 Å². The molecule has 1 aromatic heterocycles. The first-order valence-corrected chi connectivity index (χ1v) is 13.3. The number of pyridine rings is 1. The van der Waals surface area contributed by atoms with Crippen LogP contribution < -0.4 is 15.0 Å². The van der Waals surface area contributed by atoms with Crippen LogP contribution in [0.15, 0.2) is 60.8 Å². The number of hydrogen-bond donors (Lipinski definition) is 1. The molecule has 4 rings (SSSR count). The maximum Gasteiger partial charge on any atom is 0.221 e. The Morgan fingerprint density at radius 1 is 1.18 bits per heavy atom. The van der Waals surface area contributed by atoms with Crippen LogP contribution >= 0.6 is 11.6 Å². The molecule has 38 heavy (non-hydrogen) atoms. The quantitative estimate of drug-likeness (QED) is 0.407. The molecular weight excluding hydrogens is 498 g/mol. The Kier molecular flexibility index (Phi) is 8.88. The number of para-hydroxylation sites is 1. The van der Waals surface area contributed by atoms with Crippen LogP contribution in [0.3, 0.4) is 0 Å². The zero-order valence-corrected chi connectivity index (χ0v) is 23.0. The third-order valence-electron chi connectivity index (χ3n) is 6.98. The van der Waals surface area contributed by atoms with Crippen molar-refractivity contribution in [1.29, 1.82) is 5.26 Å². The highest BCUT2D eigenvalue weighted by Gasteiger charge is 2.38. The molecule has 2 aromatic carbocycles. The van der Waals surface area contributed by atoms with E-state index in [2.05, 4.69) is 22.4 Å².